The summed E-state index contributed by atoms with van der Waals surface area (Å²) >= 11 is 0. The number of nitrogens with zero attached hydrogens (tertiary/aromatic N) is 1. The molecule has 1 fully saturated rings. The molecule has 2 N–H and O–H groups in total. The Labute approximate surface area is 160 Å². The summed E-state index contributed by atoms with van der Waals surface area (Å²) in [6, 6.07) is 12.8. The second-order valence-corrected chi connectivity index (χ2v) is 7.26. The molecule has 2 aromatic carbocycles. The molecule has 0 saturated heterocycles. The number of nitrogens with one attached hydrogen (secondary N) is 2. The minimum absolute atomic E-state index is 0.214. The number of benzene rings is 2. The SMILES string of the molecule is O=C(NC1(c2ccc3c(c2)OCO3)CCCC1)c1n[nH]c(=O)c2ccccc12. The highest BCUT2D eigenvalue weighted by Gasteiger charge is 2.38. The van der Waals surface area contributed by atoms with Crippen LogP contribution in [-0.4, -0.2) is 22.9 Å². The predicted octanol–water partition coefficient (Wildman–Crippen LogP) is 2.85. The zero-order chi connectivity index (χ0) is 19.1. The molecule has 142 valence electrons. The molecule has 5 rings (SSSR count). The Balaban J connectivity index is 1.54. The zero-order valence-electron chi connectivity index (χ0n) is 15.2. The van der Waals surface area contributed by atoms with Gasteiger partial charge in [-0.2, -0.15) is 5.10 Å². The smallest absolute Gasteiger partial charge is 0.273 e. The first-order valence-electron chi connectivity index (χ1n) is 9.36. The van der Waals surface area contributed by atoms with Gasteiger partial charge in [-0.15, -0.1) is 0 Å². The van der Waals surface area contributed by atoms with Crippen LogP contribution in [0, 0.1) is 0 Å². The number of aromatic nitrogens is 2. The number of carbonyl (C=O) groups excluding carboxylic acids is 1. The second kappa shape index (κ2) is 6.37. The minimum atomic E-state index is -0.489. The zero-order valence-corrected chi connectivity index (χ0v) is 15.2. The van der Waals surface area contributed by atoms with Crippen LogP contribution in [0.1, 0.15) is 41.7 Å². The number of hydrogen-bond acceptors (Lipinski definition) is 5. The highest BCUT2D eigenvalue weighted by molar-refractivity contribution is 6.05. The Morgan fingerprint density at radius 2 is 1.79 bits per heavy atom. The first kappa shape index (κ1) is 16.8. The lowest BCUT2D eigenvalue weighted by Crippen LogP contribution is -2.44. The maximum atomic E-state index is 13.2. The molecule has 0 radical (unpaired) electrons. The van der Waals surface area contributed by atoms with Gasteiger partial charge in [0.25, 0.3) is 11.5 Å². The van der Waals surface area contributed by atoms with Crippen molar-refractivity contribution < 1.29 is 14.3 Å². The highest BCUT2D eigenvalue weighted by Crippen LogP contribution is 2.43. The van der Waals surface area contributed by atoms with Gasteiger partial charge in [0.2, 0.25) is 6.79 Å². The van der Waals surface area contributed by atoms with Crippen molar-refractivity contribution in [3.63, 3.8) is 0 Å². The number of hydrogen-bond donors (Lipinski definition) is 2. The third-order valence-electron chi connectivity index (χ3n) is 5.65. The molecule has 2 heterocycles. The molecule has 0 spiro atoms. The summed E-state index contributed by atoms with van der Waals surface area (Å²) in [6.07, 6.45) is 3.71. The van der Waals surface area contributed by atoms with Gasteiger partial charge in [-0.1, -0.05) is 37.1 Å². The quantitative estimate of drug-likeness (QED) is 0.732. The fourth-order valence-electron chi connectivity index (χ4n) is 4.22. The molecule has 28 heavy (non-hydrogen) atoms. The number of aromatic amines is 1. The average molecular weight is 377 g/mol. The van der Waals surface area contributed by atoms with Crippen LogP contribution in [0.2, 0.25) is 0 Å². The molecular weight excluding hydrogens is 358 g/mol. The summed E-state index contributed by atoms with van der Waals surface area (Å²) < 4.78 is 10.9. The van der Waals surface area contributed by atoms with E-state index < -0.39 is 5.54 Å². The van der Waals surface area contributed by atoms with Gasteiger partial charge in [0.05, 0.1) is 10.9 Å². The summed E-state index contributed by atoms with van der Waals surface area (Å²) in [5.74, 6) is 1.12. The number of carbonyl (C=O) groups is 1. The van der Waals surface area contributed by atoms with Gasteiger partial charge in [0, 0.05) is 5.39 Å². The van der Waals surface area contributed by atoms with Crippen molar-refractivity contribution in [3.8, 4) is 11.5 Å². The topological polar surface area (TPSA) is 93.3 Å². The largest absolute Gasteiger partial charge is 0.454 e. The van der Waals surface area contributed by atoms with E-state index in [1.165, 1.54) is 0 Å². The maximum absolute atomic E-state index is 13.2. The van der Waals surface area contributed by atoms with E-state index in [0.717, 1.165) is 37.0 Å². The van der Waals surface area contributed by atoms with Gasteiger partial charge >= 0.3 is 0 Å². The first-order valence-corrected chi connectivity index (χ1v) is 9.36. The number of ether oxygens (including phenoxy) is 2. The van der Waals surface area contributed by atoms with Crippen LogP contribution in [-0.2, 0) is 5.54 Å². The summed E-state index contributed by atoms with van der Waals surface area (Å²) in [5.41, 5.74) is 0.425. The van der Waals surface area contributed by atoms with E-state index in [-0.39, 0.29) is 24.0 Å². The van der Waals surface area contributed by atoms with Gasteiger partial charge in [0.1, 0.15) is 0 Å². The van der Waals surface area contributed by atoms with Crippen molar-refractivity contribution in [1.29, 1.82) is 0 Å². The van der Waals surface area contributed by atoms with Gasteiger partial charge in [-0.05, 0) is 36.6 Å². The Morgan fingerprint density at radius 3 is 2.61 bits per heavy atom. The van der Waals surface area contributed by atoms with E-state index >= 15 is 0 Å². The fourth-order valence-corrected chi connectivity index (χ4v) is 4.22. The van der Waals surface area contributed by atoms with Crippen molar-refractivity contribution in [2.75, 3.05) is 6.79 Å². The Bertz CT molecular complexity index is 1130. The number of fused-ring (bicyclic) bond motifs is 2. The predicted molar refractivity (Wildman–Crippen MR) is 103 cm³/mol. The lowest BCUT2D eigenvalue weighted by Gasteiger charge is -2.31. The van der Waals surface area contributed by atoms with Crippen LogP contribution in [0.25, 0.3) is 10.8 Å². The van der Waals surface area contributed by atoms with Crippen LogP contribution < -0.4 is 20.3 Å². The Morgan fingerprint density at radius 1 is 1.04 bits per heavy atom. The van der Waals surface area contributed by atoms with Crippen molar-refractivity contribution in [2.24, 2.45) is 0 Å². The van der Waals surface area contributed by atoms with Crippen LogP contribution >= 0.6 is 0 Å². The summed E-state index contributed by atoms with van der Waals surface area (Å²) in [7, 11) is 0. The van der Waals surface area contributed by atoms with Crippen molar-refractivity contribution in [1.82, 2.24) is 15.5 Å². The van der Waals surface area contributed by atoms with E-state index in [0.29, 0.717) is 16.5 Å². The van der Waals surface area contributed by atoms with Crippen molar-refractivity contribution in [2.45, 2.75) is 31.2 Å². The van der Waals surface area contributed by atoms with Crippen molar-refractivity contribution >= 4 is 16.7 Å². The third-order valence-corrected chi connectivity index (χ3v) is 5.65. The first-order chi connectivity index (χ1) is 13.7. The maximum Gasteiger partial charge on any atom is 0.273 e. The molecule has 1 aliphatic heterocycles. The van der Waals surface area contributed by atoms with Crippen LogP contribution in [0.3, 0.4) is 0 Å². The standard InChI is InChI=1S/C21H19N3O4/c25-19-15-6-2-1-5-14(15)18(23-24-19)20(26)22-21(9-3-4-10-21)13-7-8-16-17(11-13)28-12-27-16/h1-2,5-8,11H,3-4,9-10,12H2,(H,22,26)(H,24,25). The molecule has 1 aromatic heterocycles. The normalized spacial score (nSPS) is 17.0. The van der Waals surface area contributed by atoms with Crippen LogP contribution in [0.5, 0.6) is 11.5 Å². The fraction of sp³-hybridized carbons (Fsp3) is 0.286. The highest BCUT2D eigenvalue weighted by atomic mass is 16.7. The minimum Gasteiger partial charge on any atom is -0.454 e. The molecule has 7 nitrogen and oxygen atoms in total. The van der Waals surface area contributed by atoms with Gasteiger partial charge in [0.15, 0.2) is 17.2 Å². The van der Waals surface area contributed by atoms with Crippen molar-refractivity contribution in [3.05, 3.63) is 64.1 Å². The molecule has 3 aromatic rings. The van der Waals surface area contributed by atoms with E-state index in [2.05, 4.69) is 15.5 Å². The van der Waals surface area contributed by atoms with E-state index in [4.69, 9.17) is 9.47 Å². The average Bonchev–Trinajstić information content (AvgIpc) is 3.37. The van der Waals surface area contributed by atoms with E-state index in [1.807, 2.05) is 18.2 Å². The molecule has 1 saturated carbocycles. The number of rotatable bonds is 3. The molecular formula is C21H19N3O4. The Kier molecular flexibility index (Phi) is 3.82. The number of H-pyrrole nitrogens is 1. The second-order valence-electron chi connectivity index (χ2n) is 7.26. The van der Waals surface area contributed by atoms with E-state index in [9.17, 15) is 9.59 Å². The Hall–Kier alpha value is -3.35. The molecule has 1 aliphatic carbocycles. The van der Waals surface area contributed by atoms with Gasteiger partial charge < -0.3 is 14.8 Å². The van der Waals surface area contributed by atoms with Gasteiger partial charge in [-0.25, -0.2) is 5.10 Å². The molecule has 2 aliphatic rings. The molecule has 7 heteroatoms. The summed E-state index contributed by atoms with van der Waals surface area (Å²) in [4.78, 5) is 25.2. The lowest BCUT2D eigenvalue weighted by molar-refractivity contribution is 0.0893. The summed E-state index contributed by atoms with van der Waals surface area (Å²) in [6.45, 7) is 0.214. The lowest BCUT2D eigenvalue weighted by atomic mass is 9.87. The third kappa shape index (κ3) is 2.62. The molecule has 1 amide bonds. The summed E-state index contributed by atoms with van der Waals surface area (Å²) in [5, 5.41) is 10.7. The monoisotopic (exact) mass is 377 g/mol. The van der Waals surface area contributed by atoms with Gasteiger partial charge in [-0.3, -0.25) is 9.59 Å². The molecule has 0 unspecified atom stereocenters. The van der Waals surface area contributed by atoms with Crippen LogP contribution in [0.15, 0.2) is 47.3 Å². The number of amides is 1. The van der Waals surface area contributed by atoms with Crippen LogP contribution in [0.4, 0.5) is 0 Å². The molecule has 0 atom stereocenters. The molecule has 0 bridgehead atoms. The van der Waals surface area contributed by atoms with E-state index in [1.54, 1.807) is 24.3 Å².